The number of aromatic hydroxyl groups is 1. The SMILES string of the molecule is NS(=O)(=O)c1ccc(Nc2nc(O)c(C3=c4ccccc4=NC3=O)s2)cc1. The Morgan fingerprint density at radius 1 is 1.07 bits per heavy atom. The molecule has 1 amide bonds. The fourth-order valence-electron chi connectivity index (χ4n) is 2.66. The summed E-state index contributed by atoms with van der Waals surface area (Å²) < 4.78 is 22.6. The lowest BCUT2D eigenvalue weighted by atomic mass is 10.1. The lowest BCUT2D eigenvalue weighted by molar-refractivity contribution is -0.112. The van der Waals surface area contributed by atoms with Gasteiger partial charge in [-0.2, -0.15) is 4.98 Å². The van der Waals surface area contributed by atoms with Crippen molar-refractivity contribution in [2.24, 2.45) is 10.1 Å². The van der Waals surface area contributed by atoms with E-state index in [2.05, 4.69) is 15.3 Å². The van der Waals surface area contributed by atoms with Gasteiger partial charge in [-0.3, -0.25) is 4.79 Å². The Morgan fingerprint density at radius 3 is 2.48 bits per heavy atom. The molecule has 0 bridgehead atoms. The number of benzene rings is 2. The zero-order valence-electron chi connectivity index (χ0n) is 13.6. The summed E-state index contributed by atoms with van der Waals surface area (Å²) in [6.45, 7) is 0. The van der Waals surface area contributed by atoms with Gasteiger partial charge in [0.2, 0.25) is 15.9 Å². The first-order valence-electron chi connectivity index (χ1n) is 7.65. The average Bonchev–Trinajstić information content (AvgIpc) is 3.12. The number of nitrogens with one attached hydrogen (secondary N) is 1. The largest absolute Gasteiger partial charge is 0.492 e. The van der Waals surface area contributed by atoms with E-state index >= 15 is 0 Å². The molecule has 0 atom stereocenters. The molecule has 0 spiro atoms. The van der Waals surface area contributed by atoms with Crippen molar-refractivity contribution >= 4 is 43.7 Å². The van der Waals surface area contributed by atoms with Gasteiger partial charge in [-0.05, 0) is 30.3 Å². The van der Waals surface area contributed by atoms with Gasteiger partial charge in [0.1, 0.15) is 4.88 Å². The normalized spacial score (nSPS) is 13.4. The number of thiazole rings is 1. The molecule has 0 radical (unpaired) electrons. The molecule has 0 unspecified atom stereocenters. The van der Waals surface area contributed by atoms with Crippen LogP contribution in [-0.2, 0) is 14.8 Å². The number of rotatable bonds is 4. The molecule has 2 heterocycles. The molecule has 0 saturated heterocycles. The van der Waals surface area contributed by atoms with E-state index in [0.29, 0.717) is 31.8 Å². The van der Waals surface area contributed by atoms with Crippen molar-refractivity contribution in [2.75, 3.05) is 5.32 Å². The number of nitrogens with two attached hydrogens (primary N) is 1. The summed E-state index contributed by atoms with van der Waals surface area (Å²) in [5.41, 5.74) is 0.855. The molecule has 4 N–H and O–H groups in total. The lowest BCUT2D eigenvalue weighted by Gasteiger charge is -2.03. The second-order valence-corrected chi connectivity index (χ2v) is 8.24. The van der Waals surface area contributed by atoms with Crippen LogP contribution in [-0.4, -0.2) is 24.4 Å². The number of nitrogens with zero attached hydrogens (tertiary/aromatic N) is 2. The molecular weight excluding hydrogens is 388 g/mol. The Balaban J connectivity index is 1.69. The topological polar surface area (TPSA) is 135 Å². The number of anilines is 2. The summed E-state index contributed by atoms with van der Waals surface area (Å²) in [5.74, 6) is -0.710. The third-order valence-electron chi connectivity index (χ3n) is 3.88. The van der Waals surface area contributed by atoms with E-state index in [9.17, 15) is 18.3 Å². The summed E-state index contributed by atoms with van der Waals surface area (Å²) in [6.07, 6.45) is 0. The number of sulfonamides is 1. The number of carbonyl (C=O) groups excluding carboxylic acids is 1. The number of carbonyl (C=O) groups is 1. The Labute approximate surface area is 157 Å². The zero-order valence-corrected chi connectivity index (χ0v) is 15.2. The quantitative estimate of drug-likeness (QED) is 0.587. The van der Waals surface area contributed by atoms with Crippen LogP contribution in [0.2, 0.25) is 0 Å². The maximum atomic E-state index is 12.3. The van der Waals surface area contributed by atoms with E-state index in [-0.39, 0.29) is 10.8 Å². The van der Waals surface area contributed by atoms with Crippen LogP contribution in [0.3, 0.4) is 0 Å². The molecule has 27 heavy (non-hydrogen) atoms. The Bertz CT molecular complexity index is 1300. The highest BCUT2D eigenvalue weighted by Crippen LogP contribution is 2.35. The first-order chi connectivity index (χ1) is 12.8. The van der Waals surface area contributed by atoms with Crippen molar-refractivity contribution in [1.82, 2.24) is 4.98 Å². The monoisotopic (exact) mass is 400 g/mol. The van der Waals surface area contributed by atoms with Crippen molar-refractivity contribution in [3.63, 3.8) is 0 Å². The minimum absolute atomic E-state index is 0.0129. The van der Waals surface area contributed by atoms with Gasteiger partial charge in [0.05, 0.1) is 15.8 Å². The zero-order chi connectivity index (χ0) is 19.2. The maximum Gasteiger partial charge on any atom is 0.279 e. The van der Waals surface area contributed by atoms with Gasteiger partial charge in [0.15, 0.2) is 5.13 Å². The number of hydrogen-bond acceptors (Lipinski definition) is 7. The molecule has 0 aliphatic carbocycles. The first kappa shape index (κ1) is 17.3. The molecule has 1 aliphatic heterocycles. The van der Waals surface area contributed by atoms with Crippen LogP contribution in [0.1, 0.15) is 4.88 Å². The first-order valence-corrected chi connectivity index (χ1v) is 10.0. The molecule has 2 aromatic carbocycles. The minimum Gasteiger partial charge on any atom is -0.492 e. The number of hydrogen-bond donors (Lipinski definition) is 3. The highest BCUT2D eigenvalue weighted by atomic mass is 32.2. The second-order valence-electron chi connectivity index (χ2n) is 5.68. The number of fused-ring (bicyclic) bond motifs is 1. The third-order valence-corrected chi connectivity index (χ3v) is 5.79. The van der Waals surface area contributed by atoms with Gasteiger partial charge in [-0.15, -0.1) is 0 Å². The van der Waals surface area contributed by atoms with Gasteiger partial charge in [-0.1, -0.05) is 29.5 Å². The smallest absolute Gasteiger partial charge is 0.279 e. The van der Waals surface area contributed by atoms with Gasteiger partial charge < -0.3 is 10.4 Å². The summed E-state index contributed by atoms with van der Waals surface area (Å²) in [4.78, 5) is 20.6. The molecule has 136 valence electrons. The molecule has 4 rings (SSSR count). The third kappa shape index (κ3) is 3.21. The number of amides is 1. The van der Waals surface area contributed by atoms with Crippen molar-refractivity contribution in [1.29, 1.82) is 0 Å². The van der Waals surface area contributed by atoms with Crippen LogP contribution < -0.4 is 21.0 Å². The molecule has 8 nitrogen and oxygen atoms in total. The van der Waals surface area contributed by atoms with Gasteiger partial charge in [-0.25, -0.2) is 18.5 Å². The highest BCUT2D eigenvalue weighted by Gasteiger charge is 2.24. The van der Waals surface area contributed by atoms with E-state index < -0.39 is 15.9 Å². The molecular formula is C17H12N4O4S2. The fourth-order valence-corrected chi connectivity index (χ4v) is 4.11. The van der Waals surface area contributed by atoms with Crippen LogP contribution in [0.5, 0.6) is 5.88 Å². The number of aromatic nitrogens is 1. The van der Waals surface area contributed by atoms with Crippen LogP contribution in [0.15, 0.2) is 58.4 Å². The van der Waals surface area contributed by atoms with Crippen molar-refractivity contribution in [2.45, 2.75) is 4.90 Å². The predicted molar refractivity (Wildman–Crippen MR) is 99.6 cm³/mol. The minimum atomic E-state index is -3.77. The summed E-state index contributed by atoms with van der Waals surface area (Å²) in [5, 5.41) is 19.8. The maximum absolute atomic E-state index is 12.3. The van der Waals surface area contributed by atoms with Gasteiger partial charge >= 0.3 is 0 Å². The highest BCUT2D eigenvalue weighted by molar-refractivity contribution is 7.89. The molecule has 3 aromatic rings. The van der Waals surface area contributed by atoms with E-state index in [1.54, 1.807) is 24.3 Å². The predicted octanol–water partition coefficient (Wildman–Crippen LogP) is 0.599. The van der Waals surface area contributed by atoms with Crippen molar-refractivity contribution in [3.05, 3.63) is 64.0 Å². The second kappa shape index (κ2) is 6.27. The van der Waals surface area contributed by atoms with E-state index in [1.165, 1.54) is 24.3 Å². The average molecular weight is 400 g/mol. The Kier molecular flexibility index (Phi) is 4.02. The standard InChI is InChI=1S/C17H12N4O4S2/c18-27(24,25)10-7-5-9(6-8-10)19-17-21-16(23)14(26-17)13-11-3-1-2-4-12(11)20-15(13)22/h1-8,23H,(H,19,21)(H2,18,24,25). The summed E-state index contributed by atoms with van der Waals surface area (Å²) in [7, 11) is -3.77. The summed E-state index contributed by atoms with van der Waals surface area (Å²) in [6, 6.07) is 12.8. The number of primary sulfonamides is 1. The lowest BCUT2D eigenvalue weighted by Crippen LogP contribution is -2.22. The molecule has 0 saturated carbocycles. The van der Waals surface area contributed by atoms with Crippen LogP contribution in [0, 0.1) is 0 Å². The van der Waals surface area contributed by atoms with E-state index in [0.717, 1.165) is 11.3 Å². The molecule has 10 heteroatoms. The van der Waals surface area contributed by atoms with Gasteiger partial charge in [0.25, 0.3) is 5.91 Å². The molecule has 1 aromatic heterocycles. The number of para-hydroxylation sites is 1. The van der Waals surface area contributed by atoms with E-state index in [4.69, 9.17) is 5.14 Å². The Morgan fingerprint density at radius 2 is 1.78 bits per heavy atom. The molecule has 1 aliphatic rings. The fraction of sp³-hybridized carbons (Fsp3) is 0. The van der Waals surface area contributed by atoms with Crippen LogP contribution >= 0.6 is 11.3 Å². The van der Waals surface area contributed by atoms with Gasteiger partial charge in [0, 0.05) is 10.9 Å². The van der Waals surface area contributed by atoms with Crippen molar-refractivity contribution in [3.8, 4) is 5.88 Å². The summed E-state index contributed by atoms with van der Waals surface area (Å²) >= 11 is 1.10. The van der Waals surface area contributed by atoms with Crippen molar-refractivity contribution < 1.29 is 18.3 Å². The van der Waals surface area contributed by atoms with Crippen LogP contribution in [0.25, 0.3) is 5.57 Å². The molecule has 0 fully saturated rings. The van der Waals surface area contributed by atoms with Crippen LogP contribution in [0.4, 0.5) is 10.8 Å². The Hall–Kier alpha value is -3.08. The van der Waals surface area contributed by atoms with E-state index in [1.807, 2.05) is 0 Å².